The number of aryl methyl sites for hydroxylation is 1. The topological polar surface area (TPSA) is 97.2 Å². The van der Waals surface area contributed by atoms with E-state index in [0.29, 0.717) is 5.01 Å². The Balaban J connectivity index is 1.92. The molecular formula is C22H22F4N4O3S. The molecule has 0 spiro atoms. The zero-order valence-corrected chi connectivity index (χ0v) is 19.5. The number of hydrogen-bond acceptors (Lipinski definition) is 7. The van der Waals surface area contributed by atoms with Crippen molar-refractivity contribution in [3.63, 3.8) is 0 Å². The maximum absolute atomic E-state index is 15.4. The average molecular weight is 499 g/mol. The Bertz CT molecular complexity index is 1170. The molecule has 0 aliphatic heterocycles. The highest BCUT2D eigenvalue weighted by molar-refractivity contribution is 7.14. The standard InChI is InChI=1S/C22H22F4N4O3S/c1-10-7-27-20(34-10)17-6-15(33-13(4)12(3)31)5-16(18(17)23)19(32)30-11(2)14-8-28-21(29-9-14)22(24,25)26/h5-9,11-13,31H,1-4H3,(H,30,32). The summed E-state index contributed by atoms with van der Waals surface area (Å²) in [4.78, 5) is 24.5. The molecule has 2 N–H and O–H groups in total. The maximum Gasteiger partial charge on any atom is 0.451 e. The molecule has 3 atom stereocenters. The molecule has 0 saturated heterocycles. The fraction of sp³-hybridized carbons (Fsp3) is 0.364. The lowest BCUT2D eigenvalue weighted by Crippen LogP contribution is -2.29. The number of hydrogen-bond donors (Lipinski definition) is 2. The van der Waals surface area contributed by atoms with Crippen LogP contribution in [-0.2, 0) is 6.18 Å². The first-order valence-corrected chi connectivity index (χ1v) is 11.0. The van der Waals surface area contributed by atoms with Crippen LogP contribution in [0.5, 0.6) is 5.75 Å². The smallest absolute Gasteiger partial charge is 0.451 e. The Morgan fingerprint density at radius 2 is 1.76 bits per heavy atom. The molecule has 2 heterocycles. The number of carbonyl (C=O) groups excluding carboxylic acids is 1. The van der Waals surface area contributed by atoms with Crippen LogP contribution in [0, 0.1) is 12.7 Å². The van der Waals surface area contributed by atoms with Gasteiger partial charge in [0.1, 0.15) is 22.7 Å². The molecule has 34 heavy (non-hydrogen) atoms. The van der Waals surface area contributed by atoms with Gasteiger partial charge in [-0.2, -0.15) is 13.2 Å². The van der Waals surface area contributed by atoms with Gasteiger partial charge in [-0.1, -0.05) is 0 Å². The molecule has 7 nitrogen and oxygen atoms in total. The second-order valence-corrected chi connectivity index (χ2v) is 8.94. The van der Waals surface area contributed by atoms with E-state index in [1.807, 2.05) is 0 Å². The Labute approximate surface area is 196 Å². The highest BCUT2D eigenvalue weighted by Crippen LogP contribution is 2.33. The summed E-state index contributed by atoms with van der Waals surface area (Å²) in [5, 5.41) is 12.6. The number of carbonyl (C=O) groups is 1. The molecule has 0 fully saturated rings. The number of ether oxygens (including phenoxy) is 1. The predicted molar refractivity (Wildman–Crippen MR) is 117 cm³/mol. The summed E-state index contributed by atoms with van der Waals surface area (Å²) in [6.07, 6.45) is -2.70. The third-order valence-corrected chi connectivity index (χ3v) is 5.86. The van der Waals surface area contributed by atoms with E-state index in [1.165, 1.54) is 37.3 Å². The summed E-state index contributed by atoms with van der Waals surface area (Å²) in [6.45, 7) is 6.45. The number of benzene rings is 1. The third-order valence-electron chi connectivity index (χ3n) is 4.92. The van der Waals surface area contributed by atoms with Crippen molar-refractivity contribution in [3.8, 4) is 16.3 Å². The van der Waals surface area contributed by atoms with Gasteiger partial charge in [-0.3, -0.25) is 4.79 Å². The number of aliphatic hydroxyl groups excluding tert-OH is 1. The number of amides is 1. The first kappa shape index (κ1) is 25.5. The lowest BCUT2D eigenvalue weighted by molar-refractivity contribution is -0.145. The number of nitrogens with zero attached hydrogens (tertiary/aromatic N) is 3. The van der Waals surface area contributed by atoms with Gasteiger partial charge in [-0.15, -0.1) is 11.3 Å². The van der Waals surface area contributed by atoms with Gasteiger partial charge >= 0.3 is 6.18 Å². The average Bonchev–Trinajstić information content (AvgIpc) is 3.20. The summed E-state index contributed by atoms with van der Waals surface area (Å²) in [6, 6.07) is 1.78. The Kier molecular flexibility index (Phi) is 7.51. The molecule has 0 radical (unpaired) electrons. The summed E-state index contributed by atoms with van der Waals surface area (Å²) >= 11 is 1.23. The fourth-order valence-electron chi connectivity index (χ4n) is 2.84. The van der Waals surface area contributed by atoms with Crippen molar-refractivity contribution in [3.05, 3.63) is 58.4 Å². The summed E-state index contributed by atoms with van der Waals surface area (Å²) < 4.78 is 59.1. The minimum atomic E-state index is -4.69. The Hall–Kier alpha value is -3.12. The third kappa shape index (κ3) is 5.86. The molecule has 0 bridgehead atoms. The molecule has 3 aromatic rings. The quantitative estimate of drug-likeness (QED) is 0.458. The van der Waals surface area contributed by atoms with Gasteiger partial charge in [0.05, 0.1) is 23.3 Å². The highest BCUT2D eigenvalue weighted by Gasteiger charge is 2.34. The van der Waals surface area contributed by atoms with E-state index in [9.17, 15) is 23.1 Å². The van der Waals surface area contributed by atoms with E-state index in [1.54, 1.807) is 20.0 Å². The SMILES string of the molecule is Cc1cnc(-c2cc(OC(C)C(C)O)cc(C(=O)NC(C)c3cnc(C(F)(F)F)nc3)c2F)s1. The molecule has 3 rings (SSSR count). The van der Waals surface area contributed by atoms with Crippen LogP contribution in [0.3, 0.4) is 0 Å². The molecule has 1 aromatic carbocycles. The number of aromatic nitrogens is 3. The van der Waals surface area contributed by atoms with Gasteiger partial charge in [-0.25, -0.2) is 19.3 Å². The van der Waals surface area contributed by atoms with E-state index in [2.05, 4.69) is 20.3 Å². The van der Waals surface area contributed by atoms with Gasteiger partial charge in [0, 0.05) is 29.0 Å². The number of alkyl halides is 3. The van der Waals surface area contributed by atoms with Crippen molar-refractivity contribution in [1.82, 2.24) is 20.3 Å². The van der Waals surface area contributed by atoms with E-state index in [0.717, 1.165) is 17.3 Å². The van der Waals surface area contributed by atoms with Crippen molar-refractivity contribution >= 4 is 17.2 Å². The number of aliphatic hydroxyl groups is 1. The van der Waals surface area contributed by atoms with Crippen LogP contribution in [-0.4, -0.2) is 38.2 Å². The van der Waals surface area contributed by atoms with Crippen LogP contribution in [0.25, 0.3) is 10.6 Å². The van der Waals surface area contributed by atoms with Crippen LogP contribution < -0.4 is 10.1 Å². The largest absolute Gasteiger partial charge is 0.488 e. The molecule has 12 heteroatoms. The molecule has 2 aromatic heterocycles. The van der Waals surface area contributed by atoms with E-state index < -0.39 is 42.0 Å². The first-order chi connectivity index (χ1) is 15.9. The fourth-order valence-corrected chi connectivity index (χ4v) is 3.62. The molecule has 182 valence electrons. The summed E-state index contributed by atoms with van der Waals surface area (Å²) in [5.74, 6) is -2.82. The summed E-state index contributed by atoms with van der Waals surface area (Å²) in [7, 11) is 0. The van der Waals surface area contributed by atoms with Gasteiger partial charge in [0.2, 0.25) is 5.82 Å². The minimum absolute atomic E-state index is 0.0454. The number of nitrogens with one attached hydrogen (secondary N) is 1. The summed E-state index contributed by atoms with van der Waals surface area (Å²) in [5.41, 5.74) is -0.102. The van der Waals surface area contributed by atoms with Crippen LogP contribution in [0.15, 0.2) is 30.7 Å². The van der Waals surface area contributed by atoms with Crippen molar-refractivity contribution in [1.29, 1.82) is 0 Å². The van der Waals surface area contributed by atoms with Crippen molar-refractivity contribution in [2.75, 3.05) is 0 Å². The number of rotatable bonds is 7. The number of thiazole rings is 1. The van der Waals surface area contributed by atoms with Gasteiger partial charge < -0.3 is 15.2 Å². The highest BCUT2D eigenvalue weighted by atomic mass is 32.1. The van der Waals surface area contributed by atoms with Crippen LogP contribution in [0.4, 0.5) is 17.6 Å². The molecule has 0 aliphatic carbocycles. The molecule has 0 saturated carbocycles. The van der Waals surface area contributed by atoms with Gasteiger partial charge in [0.25, 0.3) is 5.91 Å². The van der Waals surface area contributed by atoms with E-state index in [-0.39, 0.29) is 22.4 Å². The zero-order chi connectivity index (χ0) is 25.2. The van der Waals surface area contributed by atoms with Crippen molar-refractivity contribution < 1.29 is 32.2 Å². The normalized spacial score (nSPS) is 14.4. The molecular weight excluding hydrogens is 476 g/mol. The van der Waals surface area contributed by atoms with Crippen LogP contribution in [0.2, 0.25) is 0 Å². The number of halogens is 4. The Morgan fingerprint density at radius 3 is 2.29 bits per heavy atom. The van der Waals surface area contributed by atoms with E-state index >= 15 is 4.39 Å². The van der Waals surface area contributed by atoms with E-state index in [4.69, 9.17) is 4.74 Å². The molecule has 1 amide bonds. The van der Waals surface area contributed by atoms with Crippen LogP contribution in [0.1, 0.15) is 53.4 Å². The Morgan fingerprint density at radius 1 is 1.12 bits per heavy atom. The second kappa shape index (κ2) is 10.0. The van der Waals surface area contributed by atoms with Crippen LogP contribution >= 0.6 is 11.3 Å². The lowest BCUT2D eigenvalue weighted by atomic mass is 10.1. The van der Waals surface area contributed by atoms with Crippen molar-refractivity contribution in [2.24, 2.45) is 0 Å². The lowest BCUT2D eigenvalue weighted by Gasteiger charge is -2.20. The predicted octanol–water partition coefficient (Wildman–Crippen LogP) is 4.71. The molecule has 3 unspecified atom stereocenters. The van der Waals surface area contributed by atoms with Gasteiger partial charge in [-0.05, 0) is 39.8 Å². The minimum Gasteiger partial charge on any atom is -0.488 e. The second-order valence-electron chi connectivity index (χ2n) is 7.70. The monoisotopic (exact) mass is 498 g/mol. The first-order valence-electron chi connectivity index (χ1n) is 10.2. The van der Waals surface area contributed by atoms with Gasteiger partial charge in [0.15, 0.2) is 0 Å². The van der Waals surface area contributed by atoms with Crippen molar-refractivity contribution in [2.45, 2.75) is 52.1 Å². The molecule has 0 aliphatic rings. The maximum atomic E-state index is 15.4. The zero-order valence-electron chi connectivity index (χ0n) is 18.6.